The van der Waals surface area contributed by atoms with E-state index in [2.05, 4.69) is 6.92 Å². The second-order valence-corrected chi connectivity index (χ2v) is 5.47. The fourth-order valence-corrected chi connectivity index (χ4v) is 2.91. The Morgan fingerprint density at radius 2 is 1.89 bits per heavy atom. The molecule has 2 aromatic rings. The second-order valence-electron chi connectivity index (χ2n) is 5.47. The lowest BCUT2D eigenvalue weighted by Gasteiger charge is -2.24. The van der Waals surface area contributed by atoms with E-state index in [4.69, 9.17) is 4.42 Å². The van der Waals surface area contributed by atoms with E-state index in [9.17, 15) is 4.79 Å². The molecule has 18 heavy (non-hydrogen) atoms. The summed E-state index contributed by atoms with van der Waals surface area (Å²) in [7, 11) is 0. The normalized spacial score (nSPS) is 24.3. The summed E-state index contributed by atoms with van der Waals surface area (Å²) >= 11 is 0. The van der Waals surface area contributed by atoms with Crippen molar-refractivity contribution in [2.75, 3.05) is 0 Å². The Morgan fingerprint density at radius 1 is 1.17 bits per heavy atom. The zero-order valence-electron chi connectivity index (χ0n) is 10.7. The number of Topliss-reactive ketones (excluding diaryl/α,β-unsaturated/α-hetero) is 1. The lowest BCUT2D eigenvalue weighted by Crippen LogP contribution is -2.20. The lowest BCUT2D eigenvalue weighted by atomic mass is 9.79. The van der Waals surface area contributed by atoms with Gasteiger partial charge in [-0.1, -0.05) is 38.0 Å². The van der Waals surface area contributed by atoms with E-state index in [-0.39, 0.29) is 11.7 Å². The number of furan rings is 1. The average molecular weight is 242 g/mol. The van der Waals surface area contributed by atoms with Crippen molar-refractivity contribution in [3.63, 3.8) is 0 Å². The maximum Gasteiger partial charge on any atom is 0.169 e. The summed E-state index contributed by atoms with van der Waals surface area (Å²) in [5.41, 5.74) is 1.58. The van der Waals surface area contributed by atoms with Crippen LogP contribution in [0.1, 0.15) is 43.0 Å². The first-order valence-electron chi connectivity index (χ1n) is 6.76. The van der Waals surface area contributed by atoms with E-state index in [1.807, 2.05) is 24.3 Å². The minimum absolute atomic E-state index is 0.196. The van der Waals surface area contributed by atoms with Crippen LogP contribution in [0.25, 0.3) is 11.0 Å². The molecule has 94 valence electrons. The van der Waals surface area contributed by atoms with Gasteiger partial charge in [-0.2, -0.15) is 0 Å². The summed E-state index contributed by atoms with van der Waals surface area (Å²) < 4.78 is 5.46. The smallest absolute Gasteiger partial charge is 0.169 e. The number of rotatable bonds is 2. The van der Waals surface area contributed by atoms with Crippen LogP contribution in [0.15, 0.2) is 34.9 Å². The number of hydrogen-bond donors (Lipinski definition) is 0. The molecule has 0 radical (unpaired) electrons. The summed E-state index contributed by atoms with van der Waals surface area (Å²) in [6.45, 7) is 2.27. The van der Waals surface area contributed by atoms with Crippen molar-refractivity contribution >= 4 is 16.8 Å². The molecule has 1 aromatic heterocycles. The van der Waals surface area contributed by atoms with Crippen LogP contribution in [0, 0.1) is 11.8 Å². The van der Waals surface area contributed by atoms with Crippen LogP contribution in [0.5, 0.6) is 0 Å². The summed E-state index contributed by atoms with van der Waals surface area (Å²) in [4.78, 5) is 12.5. The minimum atomic E-state index is 0.196. The van der Waals surface area contributed by atoms with Crippen LogP contribution >= 0.6 is 0 Å². The third-order valence-electron chi connectivity index (χ3n) is 4.13. The van der Waals surface area contributed by atoms with E-state index in [1.165, 1.54) is 12.8 Å². The van der Waals surface area contributed by atoms with Crippen LogP contribution in [0.4, 0.5) is 0 Å². The maximum atomic E-state index is 12.5. The molecule has 0 atom stereocenters. The minimum Gasteiger partial charge on any atom is -0.464 e. The Bertz CT molecular complexity index is 559. The molecule has 0 bridgehead atoms. The van der Waals surface area contributed by atoms with E-state index in [0.29, 0.717) is 0 Å². The summed E-state index contributed by atoms with van der Waals surface area (Å²) in [5.74, 6) is 1.24. The molecule has 1 heterocycles. The Hall–Kier alpha value is -1.57. The van der Waals surface area contributed by atoms with E-state index >= 15 is 0 Å². The molecule has 0 amide bonds. The molecule has 0 saturated heterocycles. The number of carbonyl (C=O) groups excluding carboxylic acids is 1. The molecule has 1 fully saturated rings. The Balaban J connectivity index is 1.88. The van der Waals surface area contributed by atoms with Gasteiger partial charge < -0.3 is 4.42 Å². The van der Waals surface area contributed by atoms with E-state index in [0.717, 1.165) is 35.3 Å². The van der Waals surface area contributed by atoms with Crippen molar-refractivity contribution < 1.29 is 9.21 Å². The summed E-state index contributed by atoms with van der Waals surface area (Å²) in [6.07, 6.45) is 6.03. The number of para-hydroxylation sites is 1. The largest absolute Gasteiger partial charge is 0.464 e. The average Bonchev–Trinajstić information content (AvgIpc) is 2.82. The Kier molecular flexibility index (Phi) is 2.94. The maximum absolute atomic E-state index is 12.5. The van der Waals surface area contributed by atoms with Gasteiger partial charge in [0.05, 0.1) is 5.56 Å². The molecular weight excluding hydrogens is 224 g/mol. The first kappa shape index (κ1) is 11.5. The predicted octanol–water partition coefficient (Wildman–Crippen LogP) is 4.44. The molecule has 1 aliphatic carbocycles. The van der Waals surface area contributed by atoms with Gasteiger partial charge in [-0.3, -0.25) is 4.79 Å². The van der Waals surface area contributed by atoms with Crippen LogP contribution in [-0.4, -0.2) is 5.78 Å². The fourth-order valence-electron chi connectivity index (χ4n) is 2.91. The second kappa shape index (κ2) is 4.60. The van der Waals surface area contributed by atoms with Crippen molar-refractivity contribution in [3.05, 3.63) is 36.1 Å². The van der Waals surface area contributed by atoms with Crippen LogP contribution in [-0.2, 0) is 0 Å². The number of ketones is 1. The quantitative estimate of drug-likeness (QED) is 0.729. The number of benzene rings is 1. The molecule has 0 N–H and O–H groups in total. The Morgan fingerprint density at radius 3 is 2.67 bits per heavy atom. The monoisotopic (exact) mass is 242 g/mol. The van der Waals surface area contributed by atoms with Crippen molar-refractivity contribution in [1.82, 2.24) is 0 Å². The molecule has 1 aromatic carbocycles. The molecule has 0 spiro atoms. The fraction of sp³-hybridized carbons (Fsp3) is 0.438. The van der Waals surface area contributed by atoms with Gasteiger partial charge in [-0.05, 0) is 24.8 Å². The van der Waals surface area contributed by atoms with Gasteiger partial charge in [0.2, 0.25) is 0 Å². The van der Waals surface area contributed by atoms with Crippen LogP contribution < -0.4 is 0 Å². The highest BCUT2D eigenvalue weighted by atomic mass is 16.3. The predicted molar refractivity (Wildman–Crippen MR) is 71.7 cm³/mol. The summed E-state index contributed by atoms with van der Waals surface area (Å²) in [6, 6.07) is 7.77. The van der Waals surface area contributed by atoms with Crippen LogP contribution in [0.3, 0.4) is 0 Å². The highest BCUT2D eigenvalue weighted by Gasteiger charge is 2.27. The topological polar surface area (TPSA) is 30.2 Å². The van der Waals surface area contributed by atoms with Crippen molar-refractivity contribution in [1.29, 1.82) is 0 Å². The first-order valence-corrected chi connectivity index (χ1v) is 6.76. The van der Waals surface area contributed by atoms with Crippen molar-refractivity contribution in [2.24, 2.45) is 11.8 Å². The van der Waals surface area contributed by atoms with Gasteiger partial charge in [0, 0.05) is 11.3 Å². The zero-order valence-corrected chi connectivity index (χ0v) is 10.7. The summed E-state index contributed by atoms with van der Waals surface area (Å²) in [5, 5.41) is 0.959. The van der Waals surface area contributed by atoms with Gasteiger partial charge in [0.25, 0.3) is 0 Å². The van der Waals surface area contributed by atoms with Crippen LogP contribution in [0.2, 0.25) is 0 Å². The number of hydrogen-bond acceptors (Lipinski definition) is 2. The van der Waals surface area contributed by atoms with Crippen molar-refractivity contribution in [3.8, 4) is 0 Å². The standard InChI is InChI=1S/C16H18O2/c1-11-6-8-12(9-7-11)16(17)14-10-18-15-5-3-2-4-13(14)15/h2-5,10-12H,6-9H2,1H3. The molecule has 0 aliphatic heterocycles. The third kappa shape index (κ3) is 1.96. The zero-order chi connectivity index (χ0) is 12.5. The van der Waals surface area contributed by atoms with Gasteiger partial charge in [0.15, 0.2) is 5.78 Å². The van der Waals surface area contributed by atoms with Gasteiger partial charge in [0.1, 0.15) is 11.8 Å². The highest BCUT2D eigenvalue weighted by molar-refractivity contribution is 6.08. The van der Waals surface area contributed by atoms with Gasteiger partial charge >= 0.3 is 0 Å². The number of carbonyl (C=O) groups is 1. The lowest BCUT2D eigenvalue weighted by molar-refractivity contribution is 0.0876. The first-order chi connectivity index (χ1) is 8.75. The highest BCUT2D eigenvalue weighted by Crippen LogP contribution is 2.32. The molecule has 2 heteroatoms. The molecular formula is C16H18O2. The molecule has 1 aliphatic rings. The van der Waals surface area contributed by atoms with Gasteiger partial charge in [-0.15, -0.1) is 0 Å². The molecule has 2 nitrogen and oxygen atoms in total. The van der Waals surface area contributed by atoms with Crippen molar-refractivity contribution in [2.45, 2.75) is 32.6 Å². The molecule has 1 saturated carbocycles. The third-order valence-corrected chi connectivity index (χ3v) is 4.13. The SMILES string of the molecule is CC1CCC(C(=O)c2coc3ccccc23)CC1. The molecule has 0 unspecified atom stereocenters. The van der Waals surface area contributed by atoms with E-state index < -0.39 is 0 Å². The van der Waals surface area contributed by atoms with Gasteiger partial charge in [-0.25, -0.2) is 0 Å². The molecule has 3 rings (SSSR count). The Labute approximate surface area is 107 Å². The number of fused-ring (bicyclic) bond motifs is 1. The van der Waals surface area contributed by atoms with E-state index in [1.54, 1.807) is 6.26 Å².